The number of hydrogen-bond donors (Lipinski definition) is 1. The van der Waals surface area contributed by atoms with Gasteiger partial charge < -0.3 is 10.5 Å². The molecule has 0 fully saturated rings. The van der Waals surface area contributed by atoms with Gasteiger partial charge in [0.1, 0.15) is 0 Å². The standard InChI is InChI=1S/C17H15FN2O/c1-11-6-7-15(18)16(8-11)21-17-14-5-3-2-4-13(14)12(9-19)10-20-17/h2-8,10H,9,19H2,1H3. The maximum Gasteiger partial charge on any atom is 0.227 e. The Bertz CT molecular complexity index is 802. The molecular weight excluding hydrogens is 267 g/mol. The summed E-state index contributed by atoms with van der Waals surface area (Å²) in [6.07, 6.45) is 1.67. The number of ether oxygens (including phenoxy) is 1. The number of aryl methyl sites for hydroxylation is 1. The predicted molar refractivity (Wildman–Crippen MR) is 80.8 cm³/mol. The Kier molecular flexibility index (Phi) is 3.54. The molecule has 0 unspecified atom stereocenters. The maximum atomic E-state index is 13.8. The first-order valence-corrected chi connectivity index (χ1v) is 6.69. The van der Waals surface area contributed by atoms with Crippen LogP contribution in [0.25, 0.3) is 10.8 Å². The second-order valence-electron chi connectivity index (χ2n) is 4.87. The third-order valence-corrected chi connectivity index (χ3v) is 3.35. The highest BCUT2D eigenvalue weighted by molar-refractivity contribution is 5.89. The molecule has 0 amide bonds. The lowest BCUT2D eigenvalue weighted by Crippen LogP contribution is -2.00. The van der Waals surface area contributed by atoms with Crippen molar-refractivity contribution >= 4 is 10.8 Å². The fourth-order valence-electron chi connectivity index (χ4n) is 2.26. The van der Waals surface area contributed by atoms with Crippen molar-refractivity contribution in [2.24, 2.45) is 5.73 Å². The quantitative estimate of drug-likeness (QED) is 0.791. The van der Waals surface area contributed by atoms with Crippen LogP contribution in [0.2, 0.25) is 0 Å². The van der Waals surface area contributed by atoms with E-state index in [9.17, 15) is 4.39 Å². The van der Waals surface area contributed by atoms with Crippen LogP contribution in [0.15, 0.2) is 48.7 Å². The molecule has 0 aliphatic carbocycles. The molecule has 1 aromatic heterocycles. The Labute approximate surface area is 122 Å². The summed E-state index contributed by atoms with van der Waals surface area (Å²) in [5.41, 5.74) is 7.58. The second-order valence-corrected chi connectivity index (χ2v) is 4.87. The van der Waals surface area contributed by atoms with Crippen LogP contribution in [0, 0.1) is 12.7 Å². The van der Waals surface area contributed by atoms with Gasteiger partial charge in [-0.25, -0.2) is 9.37 Å². The number of aromatic nitrogens is 1. The minimum atomic E-state index is -0.408. The summed E-state index contributed by atoms with van der Waals surface area (Å²) in [4.78, 5) is 4.27. The molecule has 0 aliphatic rings. The molecule has 106 valence electrons. The van der Waals surface area contributed by atoms with Crippen LogP contribution in [0.1, 0.15) is 11.1 Å². The Morgan fingerprint density at radius 1 is 1.14 bits per heavy atom. The zero-order valence-electron chi connectivity index (χ0n) is 11.6. The van der Waals surface area contributed by atoms with E-state index in [0.29, 0.717) is 12.4 Å². The average Bonchev–Trinajstić information content (AvgIpc) is 2.51. The molecule has 3 nitrogen and oxygen atoms in total. The first-order chi connectivity index (χ1) is 10.2. The lowest BCUT2D eigenvalue weighted by molar-refractivity contribution is 0.431. The van der Waals surface area contributed by atoms with Crippen LogP contribution in [-0.2, 0) is 6.54 Å². The van der Waals surface area contributed by atoms with Crippen molar-refractivity contribution in [1.29, 1.82) is 0 Å². The third kappa shape index (κ3) is 2.58. The van der Waals surface area contributed by atoms with Crippen LogP contribution >= 0.6 is 0 Å². The summed E-state index contributed by atoms with van der Waals surface area (Å²) in [6, 6.07) is 12.4. The summed E-state index contributed by atoms with van der Waals surface area (Å²) in [5, 5.41) is 1.79. The fourth-order valence-corrected chi connectivity index (χ4v) is 2.26. The molecule has 3 rings (SSSR count). The average molecular weight is 282 g/mol. The minimum absolute atomic E-state index is 0.174. The first-order valence-electron chi connectivity index (χ1n) is 6.69. The van der Waals surface area contributed by atoms with Gasteiger partial charge in [0.05, 0.1) is 0 Å². The van der Waals surface area contributed by atoms with Crippen molar-refractivity contribution < 1.29 is 9.13 Å². The van der Waals surface area contributed by atoms with E-state index in [1.54, 1.807) is 18.3 Å². The summed E-state index contributed by atoms with van der Waals surface area (Å²) in [6.45, 7) is 2.28. The number of benzene rings is 2. The molecule has 2 N–H and O–H groups in total. The van der Waals surface area contributed by atoms with E-state index < -0.39 is 5.82 Å². The van der Waals surface area contributed by atoms with Gasteiger partial charge in [-0.2, -0.15) is 0 Å². The van der Waals surface area contributed by atoms with Gasteiger partial charge in [-0.15, -0.1) is 0 Å². The molecule has 3 aromatic rings. The van der Waals surface area contributed by atoms with Gasteiger partial charge in [-0.3, -0.25) is 0 Å². The van der Waals surface area contributed by atoms with Gasteiger partial charge in [0, 0.05) is 18.1 Å². The maximum absolute atomic E-state index is 13.8. The van der Waals surface area contributed by atoms with Gasteiger partial charge in [-0.05, 0) is 41.6 Å². The fraction of sp³-hybridized carbons (Fsp3) is 0.118. The molecule has 0 atom stereocenters. The van der Waals surface area contributed by atoms with Crippen molar-refractivity contribution in [3.05, 3.63) is 65.6 Å². The molecule has 2 aromatic carbocycles. The highest BCUT2D eigenvalue weighted by Crippen LogP contribution is 2.31. The summed E-state index contributed by atoms with van der Waals surface area (Å²) >= 11 is 0. The second kappa shape index (κ2) is 5.50. The molecular formula is C17H15FN2O. The minimum Gasteiger partial charge on any atom is -0.435 e. The van der Waals surface area contributed by atoms with Gasteiger partial charge in [0.15, 0.2) is 11.6 Å². The number of rotatable bonds is 3. The number of nitrogens with two attached hydrogens (primary N) is 1. The normalized spacial score (nSPS) is 10.8. The number of pyridine rings is 1. The molecule has 0 spiro atoms. The lowest BCUT2D eigenvalue weighted by atomic mass is 10.1. The zero-order chi connectivity index (χ0) is 14.8. The first kappa shape index (κ1) is 13.5. The molecule has 0 radical (unpaired) electrons. The molecule has 0 aliphatic heterocycles. The van der Waals surface area contributed by atoms with Crippen LogP contribution in [0.4, 0.5) is 4.39 Å². The van der Waals surface area contributed by atoms with Gasteiger partial charge >= 0.3 is 0 Å². The van der Waals surface area contributed by atoms with Crippen molar-refractivity contribution in [3.8, 4) is 11.6 Å². The number of nitrogens with zero attached hydrogens (tertiary/aromatic N) is 1. The van der Waals surface area contributed by atoms with Crippen LogP contribution < -0.4 is 10.5 Å². The number of halogens is 1. The predicted octanol–water partition coefficient (Wildman–Crippen LogP) is 3.93. The Morgan fingerprint density at radius 2 is 1.90 bits per heavy atom. The topological polar surface area (TPSA) is 48.1 Å². The highest BCUT2D eigenvalue weighted by Gasteiger charge is 2.11. The van der Waals surface area contributed by atoms with Crippen LogP contribution in [0.3, 0.4) is 0 Å². The number of fused-ring (bicyclic) bond motifs is 1. The van der Waals surface area contributed by atoms with Crippen molar-refractivity contribution in [2.75, 3.05) is 0 Å². The Balaban J connectivity index is 2.11. The van der Waals surface area contributed by atoms with E-state index in [0.717, 1.165) is 21.9 Å². The molecule has 4 heteroatoms. The SMILES string of the molecule is Cc1ccc(F)c(Oc2ncc(CN)c3ccccc23)c1. The van der Waals surface area contributed by atoms with Gasteiger partial charge in [0.25, 0.3) is 0 Å². The zero-order valence-corrected chi connectivity index (χ0v) is 11.6. The monoisotopic (exact) mass is 282 g/mol. The summed E-state index contributed by atoms with van der Waals surface area (Å²) < 4.78 is 19.5. The Hall–Kier alpha value is -2.46. The lowest BCUT2D eigenvalue weighted by Gasteiger charge is -2.11. The van der Waals surface area contributed by atoms with E-state index in [2.05, 4.69) is 4.98 Å². The van der Waals surface area contributed by atoms with Gasteiger partial charge in [0.2, 0.25) is 5.88 Å². The molecule has 0 saturated heterocycles. The van der Waals surface area contributed by atoms with E-state index >= 15 is 0 Å². The molecule has 21 heavy (non-hydrogen) atoms. The highest BCUT2D eigenvalue weighted by atomic mass is 19.1. The summed E-state index contributed by atoms with van der Waals surface area (Å²) in [7, 11) is 0. The van der Waals surface area contributed by atoms with E-state index in [1.807, 2.05) is 31.2 Å². The summed E-state index contributed by atoms with van der Waals surface area (Å²) in [5.74, 6) is 0.148. The largest absolute Gasteiger partial charge is 0.435 e. The van der Waals surface area contributed by atoms with Crippen molar-refractivity contribution in [1.82, 2.24) is 4.98 Å². The molecule has 0 saturated carbocycles. The third-order valence-electron chi connectivity index (χ3n) is 3.35. The van der Waals surface area contributed by atoms with Crippen molar-refractivity contribution in [2.45, 2.75) is 13.5 Å². The number of hydrogen-bond acceptors (Lipinski definition) is 3. The van der Waals surface area contributed by atoms with Crippen molar-refractivity contribution in [3.63, 3.8) is 0 Å². The van der Waals surface area contributed by atoms with Crippen LogP contribution in [-0.4, -0.2) is 4.98 Å². The Morgan fingerprint density at radius 3 is 2.67 bits per heavy atom. The van der Waals surface area contributed by atoms with E-state index in [-0.39, 0.29) is 5.75 Å². The smallest absolute Gasteiger partial charge is 0.227 e. The van der Waals surface area contributed by atoms with E-state index in [4.69, 9.17) is 10.5 Å². The van der Waals surface area contributed by atoms with Crippen LogP contribution in [0.5, 0.6) is 11.6 Å². The molecule has 1 heterocycles. The van der Waals surface area contributed by atoms with Gasteiger partial charge in [-0.1, -0.05) is 24.3 Å². The van der Waals surface area contributed by atoms with E-state index in [1.165, 1.54) is 6.07 Å². The molecule has 0 bridgehead atoms.